The number of ether oxygens (including phenoxy) is 1. The molecule has 0 aliphatic carbocycles. The number of nitrogens with one attached hydrogen (secondary N) is 1. The molecule has 3 aromatic rings. The topological polar surface area (TPSA) is 51.2 Å². The molecule has 3 rings (SSSR count). The van der Waals surface area contributed by atoms with Crippen LogP contribution in [0.2, 0.25) is 0 Å². The minimum absolute atomic E-state index is 0.114. The SMILES string of the molecule is Cc1cccc(OCCCNC(=O)c2cccnc2Sc2ccccc2)c1. The van der Waals surface area contributed by atoms with E-state index in [1.165, 1.54) is 17.3 Å². The summed E-state index contributed by atoms with van der Waals surface area (Å²) in [7, 11) is 0. The molecule has 0 saturated carbocycles. The van der Waals surface area contributed by atoms with Gasteiger partial charge in [0.05, 0.1) is 12.2 Å². The van der Waals surface area contributed by atoms with E-state index in [0.717, 1.165) is 17.1 Å². The van der Waals surface area contributed by atoms with E-state index in [0.29, 0.717) is 23.7 Å². The number of nitrogens with zero attached hydrogens (tertiary/aromatic N) is 1. The molecule has 0 unspecified atom stereocenters. The maximum absolute atomic E-state index is 12.5. The van der Waals surface area contributed by atoms with Gasteiger partial charge in [0.15, 0.2) is 0 Å². The first-order valence-corrected chi connectivity index (χ1v) is 9.69. The Morgan fingerprint density at radius 1 is 1.07 bits per heavy atom. The first kappa shape index (κ1) is 19.0. The lowest BCUT2D eigenvalue weighted by atomic mass is 10.2. The van der Waals surface area contributed by atoms with Crippen LogP contribution < -0.4 is 10.1 Å². The molecular weight excluding hydrogens is 356 g/mol. The molecule has 2 aromatic carbocycles. The van der Waals surface area contributed by atoms with Crippen molar-refractivity contribution in [2.24, 2.45) is 0 Å². The number of carbonyl (C=O) groups is 1. The molecule has 0 fully saturated rings. The van der Waals surface area contributed by atoms with Crippen LogP contribution in [0.5, 0.6) is 5.75 Å². The third-order valence-electron chi connectivity index (χ3n) is 3.84. The summed E-state index contributed by atoms with van der Waals surface area (Å²) in [6.45, 7) is 3.14. The minimum atomic E-state index is -0.114. The molecule has 0 radical (unpaired) electrons. The number of benzene rings is 2. The zero-order chi connectivity index (χ0) is 18.9. The molecular formula is C22H22N2O2S. The van der Waals surface area contributed by atoms with E-state index in [1.54, 1.807) is 18.3 Å². The van der Waals surface area contributed by atoms with Gasteiger partial charge in [0.25, 0.3) is 5.91 Å². The molecule has 4 nitrogen and oxygen atoms in total. The van der Waals surface area contributed by atoms with E-state index < -0.39 is 0 Å². The normalized spacial score (nSPS) is 10.4. The van der Waals surface area contributed by atoms with Gasteiger partial charge in [-0.2, -0.15) is 0 Å². The van der Waals surface area contributed by atoms with E-state index in [4.69, 9.17) is 4.74 Å². The summed E-state index contributed by atoms with van der Waals surface area (Å²) in [6.07, 6.45) is 2.44. The van der Waals surface area contributed by atoms with E-state index in [2.05, 4.69) is 10.3 Å². The summed E-state index contributed by atoms with van der Waals surface area (Å²) in [6, 6.07) is 21.4. The molecule has 0 saturated heterocycles. The van der Waals surface area contributed by atoms with Crippen molar-refractivity contribution in [3.8, 4) is 5.75 Å². The van der Waals surface area contributed by atoms with Gasteiger partial charge in [-0.15, -0.1) is 0 Å². The van der Waals surface area contributed by atoms with Crippen LogP contribution in [-0.4, -0.2) is 24.0 Å². The summed E-state index contributed by atoms with van der Waals surface area (Å²) in [5.74, 6) is 0.743. The largest absolute Gasteiger partial charge is 0.494 e. The second kappa shape index (κ2) is 9.78. The summed E-state index contributed by atoms with van der Waals surface area (Å²) >= 11 is 1.49. The Bertz CT molecular complexity index is 884. The number of amides is 1. The maximum Gasteiger partial charge on any atom is 0.254 e. The quantitative estimate of drug-likeness (QED) is 0.575. The molecule has 0 atom stereocenters. The lowest BCUT2D eigenvalue weighted by molar-refractivity contribution is 0.0948. The zero-order valence-electron chi connectivity index (χ0n) is 15.2. The molecule has 27 heavy (non-hydrogen) atoms. The Hall–Kier alpha value is -2.79. The Morgan fingerprint density at radius 3 is 2.74 bits per heavy atom. The molecule has 1 N–H and O–H groups in total. The van der Waals surface area contributed by atoms with Gasteiger partial charge >= 0.3 is 0 Å². The van der Waals surface area contributed by atoms with Gasteiger partial charge in [-0.3, -0.25) is 4.79 Å². The van der Waals surface area contributed by atoms with Crippen molar-refractivity contribution in [2.75, 3.05) is 13.2 Å². The third kappa shape index (κ3) is 5.86. The van der Waals surface area contributed by atoms with Crippen molar-refractivity contribution in [1.29, 1.82) is 0 Å². The molecule has 1 amide bonds. The van der Waals surface area contributed by atoms with Gasteiger partial charge < -0.3 is 10.1 Å². The van der Waals surface area contributed by atoms with E-state index in [-0.39, 0.29) is 5.91 Å². The number of hydrogen-bond acceptors (Lipinski definition) is 4. The third-order valence-corrected chi connectivity index (χ3v) is 4.86. The standard InChI is InChI=1S/C22H22N2O2S/c1-17-8-5-9-18(16-17)26-15-7-14-23-21(25)20-12-6-13-24-22(20)27-19-10-3-2-4-11-19/h2-6,8-13,16H,7,14-15H2,1H3,(H,23,25). The van der Waals surface area contributed by atoms with Crippen LogP contribution in [0, 0.1) is 6.92 Å². The number of rotatable bonds is 8. The molecule has 0 aliphatic heterocycles. The van der Waals surface area contributed by atoms with Crippen molar-refractivity contribution >= 4 is 17.7 Å². The number of carbonyl (C=O) groups excluding carboxylic acids is 1. The number of aromatic nitrogens is 1. The molecule has 1 heterocycles. The molecule has 0 bridgehead atoms. The zero-order valence-corrected chi connectivity index (χ0v) is 16.0. The van der Waals surface area contributed by atoms with Crippen molar-refractivity contribution in [1.82, 2.24) is 10.3 Å². The predicted octanol–water partition coefficient (Wildman–Crippen LogP) is 4.74. The average molecular weight is 378 g/mol. The summed E-state index contributed by atoms with van der Waals surface area (Å²) in [5, 5.41) is 3.66. The second-order valence-corrected chi connectivity index (χ2v) is 7.11. The van der Waals surface area contributed by atoms with Gasteiger partial charge in [-0.05, 0) is 55.3 Å². The lowest BCUT2D eigenvalue weighted by Crippen LogP contribution is -2.26. The predicted molar refractivity (Wildman–Crippen MR) is 108 cm³/mol. The van der Waals surface area contributed by atoms with Crippen LogP contribution in [0.1, 0.15) is 22.3 Å². The molecule has 138 valence electrons. The summed E-state index contributed by atoms with van der Waals surface area (Å²) in [4.78, 5) is 17.9. The number of pyridine rings is 1. The number of aryl methyl sites for hydroxylation is 1. The Balaban J connectivity index is 1.49. The van der Waals surface area contributed by atoms with Gasteiger partial charge in [-0.25, -0.2) is 4.98 Å². The Kier molecular flexibility index (Phi) is 6.88. The molecule has 0 aliphatic rings. The van der Waals surface area contributed by atoms with Crippen LogP contribution in [0.3, 0.4) is 0 Å². The average Bonchev–Trinajstić information content (AvgIpc) is 2.69. The van der Waals surface area contributed by atoms with E-state index in [1.807, 2.05) is 61.5 Å². The fraction of sp³-hybridized carbons (Fsp3) is 0.182. The lowest BCUT2D eigenvalue weighted by Gasteiger charge is -2.10. The van der Waals surface area contributed by atoms with Gasteiger partial charge in [-0.1, -0.05) is 42.1 Å². The van der Waals surface area contributed by atoms with Gasteiger partial charge in [0.2, 0.25) is 0 Å². The minimum Gasteiger partial charge on any atom is -0.494 e. The smallest absolute Gasteiger partial charge is 0.254 e. The monoisotopic (exact) mass is 378 g/mol. The van der Waals surface area contributed by atoms with Crippen LogP contribution in [0.15, 0.2) is 82.8 Å². The van der Waals surface area contributed by atoms with Crippen LogP contribution in [0.25, 0.3) is 0 Å². The van der Waals surface area contributed by atoms with Crippen LogP contribution in [0.4, 0.5) is 0 Å². The summed E-state index contributed by atoms with van der Waals surface area (Å²) in [5.41, 5.74) is 1.76. The van der Waals surface area contributed by atoms with Crippen LogP contribution >= 0.6 is 11.8 Å². The highest BCUT2D eigenvalue weighted by atomic mass is 32.2. The summed E-state index contributed by atoms with van der Waals surface area (Å²) < 4.78 is 5.71. The van der Waals surface area contributed by atoms with Crippen LogP contribution in [-0.2, 0) is 0 Å². The van der Waals surface area contributed by atoms with Crippen molar-refractivity contribution < 1.29 is 9.53 Å². The molecule has 0 spiro atoms. The second-order valence-electron chi connectivity index (χ2n) is 6.05. The van der Waals surface area contributed by atoms with Crippen molar-refractivity contribution in [3.05, 3.63) is 84.1 Å². The highest BCUT2D eigenvalue weighted by Crippen LogP contribution is 2.28. The highest BCUT2D eigenvalue weighted by molar-refractivity contribution is 7.99. The van der Waals surface area contributed by atoms with Crippen molar-refractivity contribution in [2.45, 2.75) is 23.3 Å². The Labute approximate surface area is 164 Å². The first-order chi connectivity index (χ1) is 13.2. The maximum atomic E-state index is 12.5. The van der Waals surface area contributed by atoms with E-state index >= 15 is 0 Å². The highest BCUT2D eigenvalue weighted by Gasteiger charge is 2.12. The van der Waals surface area contributed by atoms with Crippen molar-refractivity contribution in [3.63, 3.8) is 0 Å². The molecule has 5 heteroatoms. The van der Waals surface area contributed by atoms with Gasteiger partial charge in [0, 0.05) is 17.6 Å². The Morgan fingerprint density at radius 2 is 1.93 bits per heavy atom. The number of hydrogen-bond donors (Lipinski definition) is 1. The van der Waals surface area contributed by atoms with Gasteiger partial charge in [0.1, 0.15) is 10.8 Å². The molecule has 1 aromatic heterocycles. The fourth-order valence-electron chi connectivity index (χ4n) is 2.51. The fourth-order valence-corrected chi connectivity index (χ4v) is 3.41. The first-order valence-electron chi connectivity index (χ1n) is 8.88. The van der Waals surface area contributed by atoms with E-state index in [9.17, 15) is 4.79 Å².